The number of esters is 1. The number of nitrogens with one attached hydrogen (secondary N) is 2. The van der Waals surface area contributed by atoms with Crippen molar-refractivity contribution >= 4 is 34.1 Å². The molecule has 0 aliphatic rings. The summed E-state index contributed by atoms with van der Waals surface area (Å²) in [7, 11) is -4.66. The van der Waals surface area contributed by atoms with Crippen molar-refractivity contribution in [3.05, 3.63) is 0 Å². The van der Waals surface area contributed by atoms with E-state index in [0.717, 1.165) is 0 Å². The van der Waals surface area contributed by atoms with E-state index in [1.54, 1.807) is 41.5 Å². The fourth-order valence-corrected chi connectivity index (χ4v) is 2.65. The molecule has 0 aromatic rings. The van der Waals surface area contributed by atoms with Crippen LogP contribution in [0.5, 0.6) is 0 Å². The Labute approximate surface area is 175 Å². The number of carboxylic acid groups (broad SMARTS) is 1. The quantitative estimate of drug-likeness (QED) is 0.282. The van der Waals surface area contributed by atoms with E-state index in [1.807, 2.05) is 5.32 Å². The summed E-state index contributed by atoms with van der Waals surface area (Å²) in [6.07, 6.45) is -1.65. The molecule has 174 valence electrons. The number of ether oxygens (including phenoxy) is 2. The first-order valence-corrected chi connectivity index (χ1v) is 10.6. The summed E-state index contributed by atoms with van der Waals surface area (Å²) in [5.41, 5.74) is -1.72. The third kappa shape index (κ3) is 13.7. The molecule has 0 rings (SSSR count). The van der Waals surface area contributed by atoms with Crippen molar-refractivity contribution < 1.29 is 46.7 Å². The van der Waals surface area contributed by atoms with Crippen molar-refractivity contribution in [3.8, 4) is 0 Å². The Hall–Kier alpha value is -2.41. The molecule has 0 spiro atoms. The van der Waals surface area contributed by atoms with Crippen molar-refractivity contribution in [1.29, 1.82) is 0 Å². The van der Waals surface area contributed by atoms with Crippen LogP contribution in [0.4, 0.5) is 4.79 Å². The molecule has 0 aromatic carbocycles. The van der Waals surface area contributed by atoms with Crippen molar-refractivity contribution in [2.24, 2.45) is 0 Å². The largest absolute Gasteiger partial charge is 0.480 e. The molecule has 0 saturated heterocycles. The second kappa shape index (κ2) is 10.6. The van der Waals surface area contributed by atoms with Gasteiger partial charge in [0.25, 0.3) is 10.1 Å². The third-order valence-electron chi connectivity index (χ3n) is 3.05. The van der Waals surface area contributed by atoms with Crippen molar-refractivity contribution in [2.45, 2.75) is 77.7 Å². The minimum atomic E-state index is -4.66. The summed E-state index contributed by atoms with van der Waals surface area (Å²) in [6, 6.07) is -3.17. The van der Waals surface area contributed by atoms with Gasteiger partial charge in [-0.1, -0.05) is 0 Å². The van der Waals surface area contributed by atoms with E-state index in [-0.39, 0.29) is 6.42 Å². The number of rotatable bonds is 9. The van der Waals surface area contributed by atoms with E-state index < -0.39 is 69.5 Å². The molecule has 13 heteroatoms. The predicted octanol–water partition coefficient (Wildman–Crippen LogP) is 0.459. The van der Waals surface area contributed by atoms with Crippen LogP contribution < -0.4 is 10.6 Å². The zero-order valence-electron chi connectivity index (χ0n) is 17.8. The molecule has 0 aromatic heterocycles. The van der Waals surface area contributed by atoms with Crippen LogP contribution >= 0.6 is 0 Å². The summed E-state index contributed by atoms with van der Waals surface area (Å²) in [5, 5.41) is 13.2. The molecule has 0 aliphatic heterocycles. The number of carbonyl (C=O) groups is 4. The Morgan fingerprint density at radius 1 is 0.900 bits per heavy atom. The lowest BCUT2D eigenvalue weighted by Gasteiger charge is -2.26. The van der Waals surface area contributed by atoms with E-state index in [9.17, 15) is 27.6 Å². The Bertz CT molecular complexity index is 749. The molecule has 0 saturated carbocycles. The van der Waals surface area contributed by atoms with Gasteiger partial charge >= 0.3 is 18.0 Å². The van der Waals surface area contributed by atoms with E-state index in [0.29, 0.717) is 0 Å². The van der Waals surface area contributed by atoms with Crippen LogP contribution in [0.25, 0.3) is 0 Å². The fraction of sp³-hybridized carbons (Fsp3) is 0.765. The summed E-state index contributed by atoms with van der Waals surface area (Å²) in [5.74, 6) is -4.64. The zero-order chi connectivity index (χ0) is 23.9. The minimum Gasteiger partial charge on any atom is -0.480 e. The van der Waals surface area contributed by atoms with Gasteiger partial charge in [0.05, 0.1) is 0 Å². The maximum absolute atomic E-state index is 12.4. The Kier molecular flexibility index (Phi) is 9.72. The normalized spacial score (nSPS) is 14.2. The van der Waals surface area contributed by atoms with Gasteiger partial charge in [-0.3, -0.25) is 9.35 Å². The highest BCUT2D eigenvalue weighted by Crippen LogP contribution is 2.12. The summed E-state index contributed by atoms with van der Waals surface area (Å²) in [6.45, 7) is 9.66. The summed E-state index contributed by atoms with van der Waals surface area (Å²) < 4.78 is 40.8. The first kappa shape index (κ1) is 27.6. The first-order valence-electron chi connectivity index (χ1n) is 8.99. The standard InChI is InChI=1S/C17H30N2O10S/c1-16(2,3)28-14(23)10(19-15(24)29-17(4,5)6)7-8-12(20)18-11(13(21)22)9-30(25,26)27/h10-11H,7-9H2,1-6H3,(H,18,20)(H,19,24)(H,21,22)(H,25,26,27)/t10-,11-/m0/s1. The highest BCUT2D eigenvalue weighted by Gasteiger charge is 2.30. The first-order chi connectivity index (χ1) is 13.3. The smallest absolute Gasteiger partial charge is 0.408 e. The van der Waals surface area contributed by atoms with Crippen molar-refractivity contribution in [1.82, 2.24) is 10.6 Å². The topological polar surface area (TPSA) is 185 Å². The van der Waals surface area contributed by atoms with Gasteiger partial charge in [0.2, 0.25) is 5.91 Å². The van der Waals surface area contributed by atoms with Gasteiger partial charge in [0.1, 0.15) is 29.0 Å². The van der Waals surface area contributed by atoms with Gasteiger partial charge in [-0.05, 0) is 48.0 Å². The average Bonchev–Trinajstić information content (AvgIpc) is 2.45. The van der Waals surface area contributed by atoms with Gasteiger partial charge in [0, 0.05) is 6.42 Å². The average molecular weight is 454 g/mol. The molecule has 0 aliphatic carbocycles. The maximum Gasteiger partial charge on any atom is 0.408 e. The SMILES string of the molecule is CC(C)(C)OC(=O)N[C@@H](CCC(=O)N[C@@H](CS(=O)(=O)O)C(=O)O)C(=O)OC(C)(C)C. The molecule has 0 bridgehead atoms. The number of aliphatic carboxylic acids is 1. The van der Waals surface area contributed by atoms with Crippen molar-refractivity contribution in [3.63, 3.8) is 0 Å². The van der Waals surface area contributed by atoms with Crippen LogP contribution in [0.1, 0.15) is 54.4 Å². The second-order valence-corrected chi connectivity index (χ2v) is 9.98. The minimum absolute atomic E-state index is 0.280. The molecule has 4 N–H and O–H groups in total. The van der Waals surface area contributed by atoms with E-state index in [4.69, 9.17) is 19.1 Å². The molecule has 0 unspecified atom stereocenters. The van der Waals surface area contributed by atoms with Gasteiger partial charge in [-0.25, -0.2) is 14.4 Å². The molecule has 0 fully saturated rings. The molecule has 0 heterocycles. The van der Waals surface area contributed by atoms with Gasteiger partial charge < -0.3 is 25.2 Å². The zero-order valence-corrected chi connectivity index (χ0v) is 18.7. The third-order valence-corrected chi connectivity index (χ3v) is 3.81. The molecule has 0 radical (unpaired) electrons. The van der Waals surface area contributed by atoms with Crippen LogP contribution in [0.15, 0.2) is 0 Å². The molecular weight excluding hydrogens is 424 g/mol. The number of alkyl carbamates (subject to hydrolysis) is 1. The Morgan fingerprint density at radius 2 is 1.40 bits per heavy atom. The fourth-order valence-electron chi connectivity index (χ4n) is 2.00. The molecular formula is C17H30N2O10S. The van der Waals surface area contributed by atoms with Crippen LogP contribution in [-0.4, -0.2) is 71.1 Å². The molecule has 2 amide bonds. The number of amides is 2. The lowest BCUT2D eigenvalue weighted by Crippen LogP contribution is -2.48. The Balaban J connectivity index is 5.17. The summed E-state index contributed by atoms with van der Waals surface area (Å²) in [4.78, 5) is 47.4. The van der Waals surface area contributed by atoms with Crippen LogP contribution in [0.3, 0.4) is 0 Å². The molecule has 2 atom stereocenters. The van der Waals surface area contributed by atoms with E-state index in [1.165, 1.54) is 0 Å². The van der Waals surface area contributed by atoms with Gasteiger partial charge in [0.15, 0.2) is 0 Å². The van der Waals surface area contributed by atoms with Crippen LogP contribution in [0, 0.1) is 0 Å². The van der Waals surface area contributed by atoms with E-state index in [2.05, 4.69) is 5.32 Å². The lowest BCUT2D eigenvalue weighted by atomic mass is 10.1. The number of carboxylic acids is 1. The second-order valence-electron chi connectivity index (χ2n) is 8.48. The van der Waals surface area contributed by atoms with Crippen LogP contribution in [-0.2, 0) is 34.0 Å². The lowest BCUT2D eigenvalue weighted by molar-refractivity contribution is -0.157. The highest BCUT2D eigenvalue weighted by molar-refractivity contribution is 7.85. The van der Waals surface area contributed by atoms with E-state index >= 15 is 0 Å². The summed E-state index contributed by atoms with van der Waals surface area (Å²) >= 11 is 0. The molecule has 12 nitrogen and oxygen atoms in total. The monoisotopic (exact) mass is 454 g/mol. The maximum atomic E-state index is 12.4. The number of carbonyl (C=O) groups excluding carboxylic acids is 3. The number of hydrogen-bond acceptors (Lipinski definition) is 8. The predicted molar refractivity (Wildman–Crippen MR) is 104 cm³/mol. The number of hydrogen-bond donors (Lipinski definition) is 4. The highest BCUT2D eigenvalue weighted by atomic mass is 32.2. The molecule has 30 heavy (non-hydrogen) atoms. The van der Waals surface area contributed by atoms with Gasteiger partial charge in [-0.2, -0.15) is 8.42 Å². The Morgan fingerprint density at radius 3 is 1.80 bits per heavy atom. The van der Waals surface area contributed by atoms with Gasteiger partial charge in [-0.15, -0.1) is 0 Å². The van der Waals surface area contributed by atoms with Crippen LogP contribution in [0.2, 0.25) is 0 Å². The van der Waals surface area contributed by atoms with Crippen molar-refractivity contribution in [2.75, 3.05) is 5.75 Å².